The molecule has 0 atom stereocenters. The number of fused-ring (bicyclic) bond motifs is 1. The number of hydrogen-bond donors (Lipinski definition) is 2. The number of rotatable bonds is 5. The van der Waals surface area contributed by atoms with Gasteiger partial charge in [-0.25, -0.2) is 0 Å². The molecular weight excluding hydrogens is 457 g/mol. The zero-order valence-corrected chi connectivity index (χ0v) is 18.8. The zero-order valence-electron chi connectivity index (χ0n) is 18.8. The van der Waals surface area contributed by atoms with E-state index in [1.165, 1.54) is 19.3 Å². The Morgan fingerprint density at radius 2 is 1.77 bits per heavy atom. The molecule has 10 heteroatoms. The molecular formula is C25H23F3N6O. The highest BCUT2D eigenvalue weighted by Crippen LogP contribution is 2.30. The Balaban J connectivity index is 1.39. The molecule has 0 spiro atoms. The molecule has 1 aliphatic rings. The van der Waals surface area contributed by atoms with E-state index in [-0.39, 0.29) is 11.4 Å². The Labute approximate surface area is 199 Å². The fourth-order valence-corrected chi connectivity index (χ4v) is 4.33. The Bertz CT molecular complexity index is 1360. The monoisotopic (exact) mass is 480 g/mol. The predicted octanol–water partition coefficient (Wildman–Crippen LogP) is 5.28. The van der Waals surface area contributed by atoms with Gasteiger partial charge in [0.25, 0.3) is 5.91 Å². The summed E-state index contributed by atoms with van der Waals surface area (Å²) >= 11 is 0. The molecule has 0 aliphatic carbocycles. The number of pyridine rings is 2. The summed E-state index contributed by atoms with van der Waals surface area (Å²) in [6.07, 6.45) is 4.66. The van der Waals surface area contributed by atoms with Crippen LogP contribution in [0.2, 0.25) is 0 Å². The topological polar surface area (TPSA) is 86.8 Å². The molecule has 5 rings (SSSR count). The lowest BCUT2D eigenvalue weighted by Gasteiger charge is -2.26. The normalized spacial score (nSPS) is 14.8. The molecule has 3 aromatic heterocycles. The number of H-pyrrole nitrogens is 1. The predicted molar refractivity (Wildman–Crippen MR) is 126 cm³/mol. The van der Waals surface area contributed by atoms with Crippen LogP contribution in [0.4, 0.5) is 18.9 Å². The van der Waals surface area contributed by atoms with Crippen LogP contribution in [0.3, 0.4) is 0 Å². The number of halogens is 3. The van der Waals surface area contributed by atoms with E-state index in [1.807, 2.05) is 24.4 Å². The van der Waals surface area contributed by atoms with Crippen LogP contribution in [0.15, 0.2) is 55.1 Å². The van der Waals surface area contributed by atoms with Gasteiger partial charge in [0.05, 0.1) is 23.0 Å². The summed E-state index contributed by atoms with van der Waals surface area (Å²) in [5.74, 6) is -0.633. The first-order valence-electron chi connectivity index (χ1n) is 11.4. The molecule has 0 bridgehead atoms. The Morgan fingerprint density at radius 1 is 0.971 bits per heavy atom. The second-order valence-electron chi connectivity index (χ2n) is 8.67. The number of carbonyl (C=O) groups excluding carboxylic acids is 1. The lowest BCUT2D eigenvalue weighted by atomic mass is 10.0. The van der Waals surface area contributed by atoms with Gasteiger partial charge in [-0.3, -0.25) is 24.8 Å². The summed E-state index contributed by atoms with van der Waals surface area (Å²) in [5.41, 5.74) is 2.60. The Hall–Kier alpha value is -3.79. The summed E-state index contributed by atoms with van der Waals surface area (Å²) in [7, 11) is 0. The number of benzene rings is 1. The van der Waals surface area contributed by atoms with E-state index in [0.717, 1.165) is 48.6 Å². The van der Waals surface area contributed by atoms with Gasteiger partial charge in [0.1, 0.15) is 0 Å². The van der Waals surface area contributed by atoms with Crippen molar-refractivity contribution in [2.24, 2.45) is 0 Å². The number of likely N-dealkylation sites (tertiary alicyclic amines) is 1. The van der Waals surface area contributed by atoms with E-state index in [1.54, 1.807) is 6.20 Å². The number of piperidine rings is 1. The first-order chi connectivity index (χ1) is 16.9. The maximum Gasteiger partial charge on any atom is 0.417 e. The Kier molecular flexibility index (Phi) is 6.21. The van der Waals surface area contributed by atoms with Crippen molar-refractivity contribution in [1.29, 1.82) is 0 Å². The van der Waals surface area contributed by atoms with Gasteiger partial charge in [-0.15, -0.1) is 0 Å². The summed E-state index contributed by atoms with van der Waals surface area (Å²) in [6.45, 7) is 3.02. The standard InChI is InChI=1S/C25H23F3N6O/c26-25(27,28)19-10-20(14-30-13-19)31-24(35)23-21-9-17(4-5-22(21)32-33-23)18-8-16(11-29-12-18)15-34-6-2-1-3-7-34/h4-5,8-14H,1-3,6-7,15H2,(H,31,35)(H,32,33). The fourth-order valence-electron chi connectivity index (χ4n) is 4.33. The molecule has 1 aliphatic heterocycles. The van der Waals surface area contributed by atoms with E-state index in [2.05, 4.69) is 36.4 Å². The summed E-state index contributed by atoms with van der Waals surface area (Å²) in [4.78, 5) is 23.3. The van der Waals surface area contributed by atoms with Gasteiger partial charge < -0.3 is 5.32 Å². The van der Waals surface area contributed by atoms with E-state index >= 15 is 0 Å². The summed E-state index contributed by atoms with van der Waals surface area (Å²) in [6, 6.07) is 8.50. The second-order valence-corrected chi connectivity index (χ2v) is 8.67. The van der Waals surface area contributed by atoms with Crippen molar-refractivity contribution < 1.29 is 18.0 Å². The minimum Gasteiger partial charge on any atom is -0.319 e. The quantitative estimate of drug-likeness (QED) is 0.406. The number of amides is 1. The molecule has 7 nitrogen and oxygen atoms in total. The van der Waals surface area contributed by atoms with Crippen LogP contribution < -0.4 is 5.32 Å². The number of carbonyl (C=O) groups is 1. The number of nitrogens with one attached hydrogen (secondary N) is 2. The molecule has 2 N–H and O–H groups in total. The number of anilines is 1. The number of aromatic nitrogens is 4. The molecule has 1 amide bonds. The molecule has 1 aromatic carbocycles. The average molecular weight is 480 g/mol. The van der Waals surface area contributed by atoms with Gasteiger partial charge in [0, 0.05) is 36.1 Å². The van der Waals surface area contributed by atoms with Gasteiger partial charge >= 0.3 is 6.18 Å². The van der Waals surface area contributed by atoms with Crippen molar-refractivity contribution in [3.63, 3.8) is 0 Å². The van der Waals surface area contributed by atoms with Crippen molar-refractivity contribution in [2.45, 2.75) is 32.0 Å². The molecule has 0 unspecified atom stereocenters. The van der Waals surface area contributed by atoms with Gasteiger partial charge in [0.2, 0.25) is 0 Å². The SMILES string of the molecule is O=C(Nc1cncc(C(F)(F)F)c1)c1n[nH]c2ccc(-c3cncc(CN4CCCCC4)c3)cc12. The lowest BCUT2D eigenvalue weighted by Crippen LogP contribution is -2.29. The lowest BCUT2D eigenvalue weighted by molar-refractivity contribution is -0.137. The van der Waals surface area contributed by atoms with Crippen LogP contribution in [-0.4, -0.2) is 44.1 Å². The van der Waals surface area contributed by atoms with Gasteiger partial charge in [-0.2, -0.15) is 18.3 Å². The first kappa shape index (κ1) is 23.0. The highest BCUT2D eigenvalue weighted by molar-refractivity contribution is 6.11. The van der Waals surface area contributed by atoms with Crippen molar-refractivity contribution >= 4 is 22.5 Å². The molecule has 180 valence electrons. The van der Waals surface area contributed by atoms with Crippen molar-refractivity contribution in [1.82, 2.24) is 25.1 Å². The third-order valence-corrected chi connectivity index (χ3v) is 6.08. The van der Waals surface area contributed by atoms with Crippen molar-refractivity contribution in [3.8, 4) is 11.1 Å². The third-order valence-electron chi connectivity index (χ3n) is 6.08. The van der Waals surface area contributed by atoms with Crippen LogP contribution in [0, 0.1) is 0 Å². The number of hydrogen-bond acceptors (Lipinski definition) is 5. The minimum absolute atomic E-state index is 0.0632. The molecule has 0 radical (unpaired) electrons. The molecule has 4 heterocycles. The summed E-state index contributed by atoms with van der Waals surface area (Å²) in [5, 5.41) is 9.91. The molecule has 1 saturated heterocycles. The van der Waals surface area contributed by atoms with Gasteiger partial charge in [-0.05, 0) is 61.3 Å². The minimum atomic E-state index is -4.56. The van der Waals surface area contributed by atoms with E-state index < -0.39 is 17.6 Å². The number of alkyl halides is 3. The highest BCUT2D eigenvalue weighted by atomic mass is 19.4. The highest BCUT2D eigenvalue weighted by Gasteiger charge is 2.31. The fraction of sp³-hybridized carbons (Fsp3) is 0.280. The van der Waals surface area contributed by atoms with Crippen LogP contribution in [0.5, 0.6) is 0 Å². The second kappa shape index (κ2) is 9.46. The smallest absolute Gasteiger partial charge is 0.319 e. The van der Waals surface area contributed by atoms with Gasteiger partial charge in [-0.1, -0.05) is 12.5 Å². The maximum atomic E-state index is 13.0. The number of nitrogens with zero attached hydrogens (tertiary/aromatic N) is 4. The molecule has 4 aromatic rings. The average Bonchev–Trinajstić information content (AvgIpc) is 3.28. The van der Waals surface area contributed by atoms with E-state index in [0.29, 0.717) is 17.1 Å². The van der Waals surface area contributed by atoms with Crippen molar-refractivity contribution in [3.05, 3.63) is 71.9 Å². The third kappa shape index (κ3) is 5.17. The molecule has 0 saturated carbocycles. The van der Waals surface area contributed by atoms with E-state index in [9.17, 15) is 18.0 Å². The zero-order chi connectivity index (χ0) is 24.4. The first-order valence-corrected chi connectivity index (χ1v) is 11.4. The largest absolute Gasteiger partial charge is 0.417 e. The molecule has 35 heavy (non-hydrogen) atoms. The van der Waals surface area contributed by atoms with Crippen LogP contribution in [0.1, 0.15) is 40.9 Å². The Morgan fingerprint density at radius 3 is 2.57 bits per heavy atom. The van der Waals surface area contributed by atoms with Gasteiger partial charge in [0.15, 0.2) is 5.69 Å². The van der Waals surface area contributed by atoms with E-state index in [4.69, 9.17) is 0 Å². The van der Waals surface area contributed by atoms with Crippen LogP contribution in [-0.2, 0) is 12.7 Å². The molecule has 1 fully saturated rings. The maximum absolute atomic E-state index is 13.0. The van der Waals surface area contributed by atoms with Crippen LogP contribution >= 0.6 is 0 Å². The summed E-state index contributed by atoms with van der Waals surface area (Å²) < 4.78 is 38.9. The van der Waals surface area contributed by atoms with Crippen molar-refractivity contribution in [2.75, 3.05) is 18.4 Å². The van der Waals surface area contributed by atoms with Crippen LogP contribution in [0.25, 0.3) is 22.0 Å². The number of aromatic amines is 1.